The van der Waals surface area contributed by atoms with Crippen LogP contribution in [0.25, 0.3) is 0 Å². The third-order valence-corrected chi connectivity index (χ3v) is 4.56. The zero-order valence-electron chi connectivity index (χ0n) is 12.0. The van der Waals surface area contributed by atoms with Crippen molar-refractivity contribution in [3.05, 3.63) is 53.9 Å². The highest BCUT2D eigenvalue weighted by molar-refractivity contribution is 7.89. The molecule has 0 saturated carbocycles. The second-order valence-electron chi connectivity index (χ2n) is 4.64. The minimum atomic E-state index is -3.50. The quantitative estimate of drug-likeness (QED) is 0.885. The van der Waals surface area contributed by atoms with Gasteiger partial charge in [0.2, 0.25) is 10.0 Å². The van der Waals surface area contributed by atoms with Crippen LogP contribution in [0, 0.1) is 6.92 Å². The van der Waals surface area contributed by atoms with Crippen molar-refractivity contribution in [3.8, 4) is 5.75 Å². The number of benzene rings is 1. The number of nitrogens with one attached hydrogen (secondary N) is 1. The molecule has 0 amide bonds. The largest absolute Gasteiger partial charge is 0.496 e. The Balaban J connectivity index is 2.03. The maximum absolute atomic E-state index is 12.2. The molecule has 0 atom stereocenters. The Labute approximate surface area is 125 Å². The van der Waals surface area contributed by atoms with Crippen LogP contribution < -0.4 is 9.46 Å². The van der Waals surface area contributed by atoms with Gasteiger partial charge in [0.05, 0.1) is 12.0 Å². The number of rotatable bonds is 6. The zero-order valence-corrected chi connectivity index (χ0v) is 12.9. The molecular formula is C15H18N2O3S. The summed E-state index contributed by atoms with van der Waals surface area (Å²) in [5.74, 6) is 0.671. The Morgan fingerprint density at radius 1 is 1.29 bits per heavy atom. The fourth-order valence-corrected chi connectivity index (χ4v) is 3.09. The first kappa shape index (κ1) is 15.5. The lowest BCUT2D eigenvalue weighted by atomic mass is 10.2. The fraction of sp³-hybridized carbons (Fsp3) is 0.267. The first-order valence-corrected chi connectivity index (χ1v) is 8.04. The van der Waals surface area contributed by atoms with Crippen LogP contribution in [0.2, 0.25) is 0 Å². The topological polar surface area (TPSA) is 68.3 Å². The van der Waals surface area contributed by atoms with Gasteiger partial charge in [0.1, 0.15) is 5.75 Å². The molecule has 1 aromatic carbocycles. The first-order chi connectivity index (χ1) is 10.0. The molecule has 0 radical (unpaired) electrons. The van der Waals surface area contributed by atoms with E-state index in [1.54, 1.807) is 31.6 Å². The van der Waals surface area contributed by atoms with E-state index in [9.17, 15) is 8.42 Å². The van der Waals surface area contributed by atoms with E-state index in [0.717, 1.165) is 11.1 Å². The summed E-state index contributed by atoms with van der Waals surface area (Å²) in [6.07, 6.45) is 4.02. The molecule has 0 unspecified atom stereocenters. The van der Waals surface area contributed by atoms with Crippen LogP contribution in [0.3, 0.4) is 0 Å². The standard InChI is InChI=1S/C15H18N2O3S/c1-12-10-14(5-6-15(12)20-2)21(18,19)17-9-7-13-4-3-8-16-11-13/h3-6,8,10-11,17H,7,9H2,1-2H3. The number of pyridine rings is 1. The Bertz CT molecular complexity index is 700. The molecular weight excluding hydrogens is 288 g/mol. The van der Waals surface area contributed by atoms with Gasteiger partial charge in [-0.05, 0) is 48.7 Å². The van der Waals surface area contributed by atoms with Crippen LogP contribution in [0.5, 0.6) is 5.75 Å². The smallest absolute Gasteiger partial charge is 0.240 e. The monoisotopic (exact) mass is 306 g/mol. The van der Waals surface area contributed by atoms with Gasteiger partial charge < -0.3 is 4.74 Å². The highest BCUT2D eigenvalue weighted by atomic mass is 32.2. The maximum Gasteiger partial charge on any atom is 0.240 e. The lowest BCUT2D eigenvalue weighted by Gasteiger charge is -2.09. The molecule has 1 heterocycles. The van der Waals surface area contributed by atoms with Gasteiger partial charge in [-0.25, -0.2) is 13.1 Å². The number of nitrogens with zero attached hydrogens (tertiary/aromatic N) is 1. The van der Waals surface area contributed by atoms with E-state index in [0.29, 0.717) is 18.7 Å². The Morgan fingerprint density at radius 3 is 2.71 bits per heavy atom. The van der Waals surface area contributed by atoms with Gasteiger partial charge in [0.25, 0.3) is 0 Å². The Hall–Kier alpha value is -1.92. The number of sulfonamides is 1. The van der Waals surface area contributed by atoms with E-state index in [4.69, 9.17) is 4.74 Å². The predicted octanol–water partition coefficient (Wildman–Crippen LogP) is 1.92. The minimum Gasteiger partial charge on any atom is -0.496 e. The highest BCUT2D eigenvalue weighted by Crippen LogP contribution is 2.21. The van der Waals surface area contributed by atoms with E-state index < -0.39 is 10.0 Å². The van der Waals surface area contributed by atoms with Gasteiger partial charge in [-0.2, -0.15) is 0 Å². The summed E-state index contributed by atoms with van der Waals surface area (Å²) in [4.78, 5) is 4.24. The molecule has 112 valence electrons. The van der Waals surface area contributed by atoms with Gasteiger partial charge in [0.15, 0.2) is 0 Å². The third-order valence-electron chi connectivity index (χ3n) is 3.11. The molecule has 0 aliphatic rings. The molecule has 0 bridgehead atoms. The molecule has 2 rings (SSSR count). The minimum absolute atomic E-state index is 0.243. The fourth-order valence-electron chi connectivity index (χ4n) is 1.98. The summed E-state index contributed by atoms with van der Waals surface area (Å²) in [7, 11) is -1.95. The summed E-state index contributed by atoms with van der Waals surface area (Å²) < 4.78 is 32.1. The number of aryl methyl sites for hydroxylation is 1. The summed E-state index contributed by atoms with van der Waals surface area (Å²) in [5.41, 5.74) is 1.78. The lowest BCUT2D eigenvalue weighted by molar-refractivity contribution is 0.411. The summed E-state index contributed by atoms with van der Waals surface area (Å²) in [5, 5.41) is 0. The molecule has 0 saturated heterocycles. The van der Waals surface area contributed by atoms with Crippen molar-refractivity contribution in [2.75, 3.05) is 13.7 Å². The highest BCUT2D eigenvalue weighted by Gasteiger charge is 2.14. The molecule has 6 heteroatoms. The van der Waals surface area contributed by atoms with Crippen molar-refractivity contribution in [3.63, 3.8) is 0 Å². The zero-order chi connectivity index (χ0) is 15.3. The van der Waals surface area contributed by atoms with Crippen molar-refractivity contribution in [2.24, 2.45) is 0 Å². The average Bonchev–Trinajstić information content (AvgIpc) is 2.48. The number of methoxy groups -OCH3 is 1. The molecule has 1 N–H and O–H groups in total. The van der Waals surface area contributed by atoms with Crippen LogP contribution in [0.4, 0.5) is 0 Å². The van der Waals surface area contributed by atoms with Crippen LogP contribution in [-0.4, -0.2) is 27.1 Å². The van der Waals surface area contributed by atoms with Gasteiger partial charge in [-0.15, -0.1) is 0 Å². The van der Waals surface area contributed by atoms with E-state index >= 15 is 0 Å². The lowest BCUT2D eigenvalue weighted by Crippen LogP contribution is -2.26. The van der Waals surface area contributed by atoms with Crippen molar-refractivity contribution in [2.45, 2.75) is 18.2 Å². The Morgan fingerprint density at radius 2 is 2.10 bits per heavy atom. The van der Waals surface area contributed by atoms with Gasteiger partial charge in [-0.1, -0.05) is 6.07 Å². The molecule has 0 fully saturated rings. The molecule has 0 aliphatic heterocycles. The molecule has 0 spiro atoms. The molecule has 21 heavy (non-hydrogen) atoms. The van der Waals surface area contributed by atoms with Crippen molar-refractivity contribution < 1.29 is 13.2 Å². The second-order valence-corrected chi connectivity index (χ2v) is 6.41. The SMILES string of the molecule is COc1ccc(S(=O)(=O)NCCc2cccnc2)cc1C. The predicted molar refractivity (Wildman–Crippen MR) is 80.9 cm³/mol. The van der Waals surface area contributed by atoms with E-state index in [-0.39, 0.29) is 4.90 Å². The number of hydrogen-bond donors (Lipinski definition) is 1. The van der Waals surface area contributed by atoms with Crippen LogP contribution in [0.15, 0.2) is 47.6 Å². The molecule has 5 nitrogen and oxygen atoms in total. The number of hydrogen-bond acceptors (Lipinski definition) is 4. The summed E-state index contributed by atoms with van der Waals surface area (Å²) >= 11 is 0. The second kappa shape index (κ2) is 6.69. The number of ether oxygens (including phenoxy) is 1. The molecule has 0 aliphatic carbocycles. The van der Waals surface area contributed by atoms with Crippen LogP contribution >= 0.6 is 0 Å². The van der Waals surface area contributed by atoms with E-state index in [1.165, 1.54) is 6.07 Å². The summed E-state index contributed by atoms with van der Waals surface area (Å²) in [6.45, 7) is 2.15. The van der Waals surface area contributed by atoms with Gasteiger partial charge in [-0.3, -0.25) is 4.98 Å². The normalized spacial score (nSPS) is 11.3. The van der Waals surface area contributed by atoms with Crippen LogP contribution in [0.1, 0.15) is 11.1 Å². The van der Waals surface area contributed by atoms with E-state index in [2.05, 4.69) is 9.71 Å². The number of aromatic nitrogens is 1. The average molecular weight is 306 g/mol. The van der Waals surface area contributed by atoms with E-state index in [1.807, 2.05) is 19.1 Å². The van der Waals surface area contributed by atoms with Gasteiger partial charge in [0, 0.05) is 18.9 Å². The molecule has 1 aromatic heterocycles. The maximum atomic E-state index is 12.2. The van der Waals surface area contributed by atoms with Crippen LogP contribution in [-0.2, 0) is 16.4 Å². The van der Waals surface area contributed by atoms with Crippen molar-refractivity contribution in [1.82, 2.24) is 9.71 Å². The Kier molecular flexibility index (Phi) is 4.93. The third kappa shape index (κ3) is 4.03. The summed E-state index contributed by atoms with van der Waals surface area (Å²) in [6, 6.07) is 8.55. The van der Waals surface area contributed by atoms with Crippen molar-refractivity contribution in [1.29, 1.82) is 0 Å². The van der Waals surface area contributed by atoms with Gasteiger partial charge >= 0.3 is 0 Å². The molecule has 2 aromatic rings. The first-order valence-electron chi connectivity index (χ1n) is 6.56. The van der Waals surface area contributed by atoms with Crippen molar-refractivity contribution >= 4 is 10.0 Å².